The fourth-order valence-electron chi connectivity index (χ4n) is 0.857. The quantitative estimate of drug-likeness (QED) is 0.213. The number of hydrogen-bond donors (Lipinski definition) is 0. The van der Waals surface area contributed by atoms with Crippen LogP contribution in [0.5, 0.6) is 0 Å². The Hall–Kier alpha value is -1.32. The first-order valence-electron chi connectivity index (χ1n) is 5.19. The van der Waals surface area contributed by atoms with E-state index in [9.17, 15) is 9.59 Å². The number of esters is 1. The number of carbonyl (C=O) groups excluding carboxylic acids is 2. The zero-order valence-electron chi connectivity index (χ0n) is 9.54. The van der Waals surface area contributed by atoms with Gasteiger partial charge in [0.2, 0.25) is 0 Å². The molecule has 0 fully saturated rings. The van der Waals surface area contributed by atoms with E-state index in [0.717, 1.165) is 6.42 Å². The van der Waals surface area contributed by atoms with Gasteiger partial charge in [0.25, 0.3) is 0 Å². The van der Waals surface area contributed by atoms with Crippen molar-refractivity contribution >= 4 is 11.8 Å². The molecule has 0 amide bonds. The average Bonchev–Trinajstić information content (AvgIpc) is 2.26. The number of ketones is 1. The highest BCUT2D eigenvalue weighted by Gasteiger charge is 2.18. The number of carbonyl (C=O) groups is 2. The van der Waals surface area contributed by atoms with E-state index in [1.165, 1.54) is 6.26 Å². The molecule has 0 aliphatic rings. The molecule has 0 atom stereocenters. The smallest absolute Gasteiger partial charge is 0.344 e. The maximum Gasteiger partial charge on any atom is 0.344 e. The fourth-order valence-corrected chi connectivity index (χ4v) is 0.857. The summed E-state index contributed by atoms with van der Waals surface area (Å²) in [5, 5.41) is 0. The Morgan fingerprint density at radius 1 is 1.20 bits per heavy atom. The molecule has 0 spiro atoms. The summed E-state index contributed by atoms with van der Waals surface area (Å²) in [6, 6.07) is 0. The van der Waals surface area contributed by atoms with Crippen LogP contribution in [0.15, 0.2) is 11.8 Å². The minimum Gasteiger partial charge on any atom is -0.500 e. The molecule has 0 N–H and O–H groups in total. The summed E-state index contributed by atoms with van der Waals surface area (Å²) in [6.07, 6.45) is 2.18. The van der Waals surface area contributed by atoms with Crippen molar-refractivity contribution in [3.8, 4) is 0 Å². The molecule has 86 valence electrons. The van der Waals surface area contributed by atoms with E-state index >= 15 is 0 Å². The summed E-state index contributed by atoms with van der Waals surface area (Å²) in [5.74, 6) is -0.860. The van der Waals surface area contributed by atoms with Crippen molar-refractivity contribution in [2.75, 3.05) is 13.2 Å². The van der Waals surface area contributed by atoms with Crippen LogP contribution in [0.2, 0.25) is 0 Å². The van der Waals surface area contributed by atoms with Crippen LogP contribution < -0.4 is 0 Å². The molecule has 0 saturated carbocycles. The zero-order chi connectivity index (χ0) is 11.7. The van der Waals surface area contributed by atoms with Crippen molar-refractivity contribution in [1.82, 2.24) is 0 Å². The number of hydrogen-bond acceptors (Lipinski definition) is 4. The average molecular weight is 214 g/mol. The van der Waals surface area contributed by atoms with Gasteiger partial charge in [-0.05, 0) is 13.3 Å². The Balaban J connectivity index is 4.48. The lowest BCUT2D eigenvalue weighted by Gasteiger charge is -2.05. The first-order valence-corrected chi connectivity index (χ1v) is 5.19. The van der Waals surface area contributed by atoms with E-state index in [0.29, 0.717) is 13.2 Å². The minimum atomic E-state index is -0.600. The van der Waals surface area contributed by atoms with Crippen LogP contribution >= 0.6 is 0 Å². The van der Waals surface area contributed by atoms with Gasteiger partial charge < -0.3 is 9.47 Å². The van der Waals surface area contributed by atoms with E-state index in [-0.39, 0.29) is 17.8 Å². The molecule has 0 aliphatic carbocycles. The molecule has 0 bridgehead atoms. The van der Waals surface area contributed by atoms with Crippen LogP contribution in [-0.2, 0) is 19.1 Å². The van der Waals surface area contributed by atoms with Crippen LogP contribution in [0.25, 0.3) is 0 Å². The Labute approximate surface area is 90.2 Å². The molecule has 0 aromatic carbocycles. The summed E-state index contributed by atoms with van der Waals surface area (Å²) < 4.78 is 9.80. The predicted octanol–water partition coefficient (Wildman–Crippen LogP) is 1.84. The topological polar surface area (TPSA) is 52.6 Å². The van der Waals surface area contributed by atoms with Gasteiger partial charge in [0.05, 0.1) is 13.2 Å². The highest BCUT2D eigenvalue weighted by molar-refractivity contribution is 6.16. The lowest BCUT2D eigenvalue weighted by molar-refractivity contribution is -0.140. The van der Waals surface area contributed by atoms with Gasteiger partial charge in [-0.25, -0.2) is 4.79 Å². The standard InChI is InChI=1S/C11H18O4/c1-4-7-15-11(13)9(8-14-6-3)10(12)5-2/h8H,4-7H2,1-3H3. The Bertz CT molecular complexity index is 243. The molecule has 4 heteroatoms. The molecule has 0 unspecified atom stereocenters. The molecule has 0 aliphatic heterocycles. The number of ether oxygens (including phenoxy) is 2. The van der Waals surface area contributed by atoms with Gasteiger partial charge in [0.1, 0.15) is 11.8 Å². The molecule has 0 saturated heterocycles. The van der Waals surface area contributed by atoms with E-state index in [2.05, 4.69) is 0 Å². The van der Waals surface area contributed by atoms with Gasteiger partial charge >= 0.3 is 5.97 Å². The highest BCUT2D eigenvalue weighted by Crippen LogP contribution is 2.04. The van der Waals surface area contributed by atoms with Crippen molar-refractivity contribution < 1.29 is 19.1 Å². The van der Waals surface area contributed by atoms with Crippen LogP contribution in [0.3, 0.4) is 0 Å². The predicted molar refractivity (Wildman–Crippen MR) is 56.3 cm³/mol. The summed E-state index contributed by atoms with van der Waals surface area (Å²) in [4.78, 5) is 22.8. The fraction of sp³-hybridized carbons (Fsp3) is 0.636. The van der Waals surface area contributed by atoms with Crippen molar-refractivity contribution in [2.24, 2.45) is 0 Å². The Morgan fingerprint density at radius 3 is 2.33 bits per heavy atom. The first kappa shape index (κ1) is 13.7. The molecular formula is C11H18O4. The van der Waals surface area contributed by atoms with Crippen LogP contribution in [0.4, 0.5) is 0 Å². The van der Waals surface area contributed by atoms with Crippen molar-refractivity contribution in [3.63, 3.8) is 0 Å². The third-order valence-corrected chi connectivity index (χ3v) is 1.65. The van der Waals surface area contributed by atoms with Gasteiger partial charge in [-0.2, -0.15) is 0 Å². The van der Waals surface area contributed by atoms with E-state index in [1.807, 2.05) is 6.92 Å². The van der Waals surface area contributed by atoms with Gasteiger partial charge in [-0.3, -0.25) is 4.79 Å². The maximum atomic E-state index is 11.4. The molecule has 15 heavy (non-hydrogen) atoms. The lowest BCUT2D eigenvalue weighted by atomic mass is 10.1. The number of rotatable bonds is 7. The van der Waals surface area contributed by atoms with Gasteiger partial charge in [0.15, 0.2) is 5.78 Å². The van der Waals surface area contributed by atoms with Gasteiger partial charge in [-0.1, -0.05) is 13.8 Å². The first-order chi connectivity index (χ1) is 7.17. The highest BCUT2D eigenvalue weighted by atomic mass is 16.5. The largest absolute Gasteiger partial charge is 0.500 e. The molecule has 0 radical (unpaired) electrons. The molecule has 0 aromatic heterocycles. The monoisotopic (exact) mass is 214 g/mol. The number of Topliss-reactive ketones (excluding diaryl/α,β-unsaturated/α-hetero) is 1. The molecule has 0 aromatic rings. The van der Waals surface area contributed by atoms with Crippen molar-refractivity contribution in [3.05, 3.63) is 11.8 Å². The second-order valence-electron chi connectivity index (χ2n) is 2.90. The summed E-state index contributed by atoms with van der Waals surface area (Å²) in [6.45, 7) is 6.10. The van der Waals surface area contributed by atoms with Gasteiger partial charge in [-0.15, -0.1) is 0 Å². The molecule has 0 rings (SSSR count). The van der Waals surface area contributed by atoms with Crippen molar-refractivity contribution in [2.45, 2.75) is 33.6 Å². The summed E-state index contributed by atoms with van der Waals surface area (Å²) in [7, 11) is 0. The van der Waals surface area contributed by atoms with Gasteiger partial charge in [0, 0.05) is 6.42 Å². The van der Waals surface area contributed by atoms with E-state index in [4.69, 9.17) is 9.47 Å². The van der Waals surface area contributed by atoms with E-state index in [1.54, 1.807) is 13.8 Å². The maximum absolute atomic E-state index is 11.4. The minimum absolute atomic E-state index is 0.00667. The lowest BCUT2D eigenvalue weighted by Crippen LogP contribution is -2.16. The summed E-state index contributed by atoms with van der Waals surface area (Å²) in [5.41, 5.74) is -0.00667. The molecule has 0 heterocycles. The Kier molecular flexibility index (Phi) is 7.32. The van der Waals surface area contributed by atoms with Crippen LogP contribution in [0, 0.1) is 0 Å². The molecular weight excluding hydrogens is 196 g/mol. The zero-order valence-corrected chi connectivity index (χ0v) is 9.54. The third kappa shape index (κ3) is 5.20. The summed E-state index contributed by atoms with van der Waals surface area (Å²) >= 11 is 0. The normalized spacial score (nSPS) is 11.0. The second-order valence-corrected chi connectivity index (χ2v) is 2.90. The Morgan fingerprint density at radius 2 is 1.87 bits per heavy atom. The third-order valence-electron chi connectivity index (χ3n) is 1.65. The van der Waals surface area contributed by atoms with Crippen molar-refractivity contribution in [1.29, 1.82) is 0 Å². The second kappa shape index (κ2) is 8.03. The van der Waals surface area contributed by atoms with E-state index < -0.39 is 5.97 Å². The molecule has 4 nitrogen and oxygen atoms in total. The van der Waals surface area contributed by atoms with Crippen LogP contribution in [0.1, 0.15) is 33.6 Å². The SMILES string of the molecule is CCCOC(=O)C(=COCC)C(=O)CC. The van der Waals surface area contributed by atoms with Crippen LogP contribution in [-0.4, -0.2) is 25.0 Å².